The molecule has 0 atom stereocenters. The lowest BCUT2D eigenvalue weighted by Gasteiger charge is -2.47. The molecule has 252 valence electrons. The molecule has 1 fully saturated rings. The van der Waals surface area contributed by atoms with E-state index in [0.29, 0.717) is 11.0 Å². The van der Waals surface area contributed by atoms with Gasteiger partial charge in [0.2, 0.25) is 15.9 Å². The van der Waals surface area contributed by atoms with E-state index in [4.69, 9.17) is 14.7 Å². The molecule has 6 rings (SSSR count). The minimum atomic E-state index is -3.48. The number of nitrogens with zero attached hydrogens (tertiary/aromatic N) is 5. The summed E-state index contributed by atoms with van der Waals surface area (Å²) in [7, 11) is -2.05. The lowest BCUT2D eigenvalue weighted by Crippen LogP contribution is -2.65. The highest BCUT2D eigenvalue weighted by atomic mass is 32.2. The molecule has 0 aliphatic carbocycles. The highest BCUT2D eigenvalue weighted by Crippen LogP contribution is 2.33. The van der Waals surface area contributed by atoms with Gasteiger partial charge in [-0.15, -0.1) is 0 Å². The zero-order valence-electron chi connectivity index (χ0n) is 26.2. The summed E-state index contributed by atoms with van der Waals surface area (Å²) in [5, 5.41) is 18.5. The Bertz CT molecular complexity index is 2260. The maximum absolute atomic E-state index is 15.7. The number of sulfonamides is 1. The molecule has 0 spiro atoms. The highest BCUT2D eigenvalue weighted by molar-refractivity contribution is 7.88. The van der Waals surface area contributed by atoms with Gasteiger partial charge in [-0.1, -0.05) is 12.1 Å². The lowest BCUT2D eigenvalue weighted by atomic mass is 9.96. The van der Waals surface area contributed by atoms with Gasteiger partial charge in [0.1, 0.15) is 35.5 Å². The van der Waals surface area contributed by atoms with Gasteiger partial charge in [-0.25, -0.2) is 36.4 Å². The van der Waals surface area contributed by atoms with Crippen molar-refractivity contribution in [2.24, 2.45) is 0 Å². The summed E-state index contributed by atoms with van der Waals surface area (Å²) >= 11 is 0. The van der Waals surface area contributed by atoms with Gasteiger partial charge in [-0.2, -0.15) is 9.57 Å². The van der Waals surface area contributed by atoms with Gasteiger partial charge in [0, 0.05) is 43.8 Å². The van der Waals surface area contributed by atoms with Gasteiger partial charge in [0.25, 0.3) is 0 Å². The molecule has 0 bridgehead atoms. The van der Waals surface area contributed by atoms with E-state index in [1.807, 2.05) is 6.07 Å². The first-order chi connectivity index (χ1) is 23.3. The first kappa shape index (κ1) is 33.6. The van der Waals surface area contributed by atoms with E-state index in [9.17, 15) is 22.7 Å². The Morgan fingerprint density at radius 3 is 2.43 bits per heavy atom. The monoisotopic (exact) mass is 691 g/mol. The highest BCUT2D eigenvalue weighted by Gasteiger charge is 2.48. The number of carboxylic acid groups (broad SMARTS) is 1. The second kappa shape index (κ2) is 13.0. The molecule has 3 aromatic carbocycles. The Hall–Kier alpha value is -5.30. The van der Waals surface area contributed by atoms with Crippen molar-refractivity contribution in [3.63, 3.8) is 0 Å². The third-order valence-electron chi connectivity index (χ3n) is 8.39. The first-order valence-corrected chi connectivity index (χ1v) is 16.6. The number of methoxy groups -OCH3 is 1. The van der Waals surface area contributed by atoms with E-state index < -0.39 is 39.0 Å². The number of hydrogen-bond donors (Lipinski definition) is 1. The number of pyridine rings is 1. The van der Waals surface area contributed by atoms with Crippen LogP contribution in [0.4, 0.5) is 13.2 Å². The second-order valence-corrected chi connectivity index (χ2v) is 13.7. The average Bonchev–Trinajstić information content (AvgIpc) is 3.38. The predicted octanol–water partition coefficient (Wildman–Crippen LogP) is 4.92. The minimum Gasteiger partial charge on any atom is -0.478 e. The number of carboxylic acids is 1. The van der Waals surface area contributed by atoms with E-state index in [2.05, 4.69) is 9.97 Å². The van der Waals surface area contributed by atoms with Crippen LogP contribution in [0, 0.1) is 28.8 Å². The molecule has 3 heterocycles. The van der Waals surface area contributed by atoms with Crippen molar-refractivity contribution in [1.82, 2.24) is 18.8 Å². The Kier molecular flexibility index (Phi) is 8.88. The number of benzene rings is 3. The van der Waals surface area contributed by atoms with Gasteiger partial charge in [0.15, 0.2) is 0 Å². The number of carbonyl (C=O) groups is 1. The van der Waals surface area contributed by atoms with Crippen LogP contribution in [0.1, 0.15) is 32.9 Å². The molecule has 0 unspecified atom stereocenters. The molecule has 2 aromatic heterocycles. The van der Waals surface area contributed by atoms with Crippen LogP contribution in [-0.4, -0.2) is 70.4 Å². The fraction of sp³-hybridized carbons (Fsp3) is 0.235. The number of imidazole rings is 1. The standard InChI is InChI=1S/C34H28F3N5O6S/c1-47-34(17-41(18-34)49(2,45)46)19-42-30-12-21(33(43)44)8-9-29(30)39-31(42)13-23-11-27(37)24(14-26(23)36)28-4-3-5-32(40-28)48-16-22-7-6-20(15-38)10-25(22)35/h3-12,14H,13,16-19H2,1-2H3,(H,43,44). The first-order valence-electron chi connectivity index (χ1n) is 14.8. The van der Waals surface area contributed by atoms with Crippen LogP contribution < -0.4 is 4.74 Å². The van der Waals surface area contributed by atoms with E-state index in [0.717, 1.165) is 24.5 Å². The van der Waals surface area contributed by atoms with E-state index in [-0.39, 0.29) is 77.9 Å². The fourth-order valence-electron chi connectivity index (χ4n) is 5.65. The summed E-state index contributed by atoms with van der Waals surface area (Å²) in [6, 6.07) is 16.6. The smallest absolute Gasteiger partial charge is 0.335 e. The summed E-state index contributed by atoms with van der Waals surface area (Å²) < 4.78 is 84.0. The zero-order valence-corrected chi connectivity index (χ0v) is 27.0. The average molecular weight is 692 g/mol. The van der Waals surface area contributed by atoms with Gasteiger partial charge in [-0.3, -0.25) is 0 Å². The summed E-state index contributed by atoms with van der Waals surface area (Å²) in [6.07, 6.45) is 0.893. The number of aromatic nitrogens is 3. The van der Waals surface area contributed by atoms with Crippen LogP contribution in [0.5, 0.6) is 5.88 Å². The lowest BCUT2D eigenvalue weighted by molar-refractivity contribution is -0.102. The SMILES string of the molecule is COC1(Cn2c(Cc3cc(F)c(-c4cccc(OCc5ccc(C#N)cc5F)n4)cc3F)nc3ccc(C(=O)O)cc32)CN(S(C)(=O)=O)C1. The van der Waals surface area contributed by atoms with Crippen LogP contribution in [0.3, 0.4) is 0 Å². The van der Waals surface area contributed by atoms with Crippen molar-refractivity contribution in [1.29, 1.82) is 5.26 Å². The Labute approximate surface area is 278 Å². The van der Waals surface area contributed by atoms with Gasteiger partial charge < -0.3 is 19.1 Å². The Morgan fingerprint density at radius 1 is 1.00 bits per heavy atom. The number of hydrogen-bond acceptors (Lipinski definition) is 8. The number of ether oxygens (including phenoxy) is 2. The van der Waals surface area contributed by atoms with Crippen molar-refractivity contribution in [3.05, 3.63) is 112 Å². The number of aromatic carboxylic acids is 1. The summed E-state index contributed by atoms with van der Waals surface area (Å²) in [4.78, 5) is 20.6. The van der Waals surface area contributed by atoms with Crippen LogP contribution in [0.25, 0.3) is 22.3 Å². The van der Waals surface area contributed by atoms with Gasteiger partial charge in [-0.05, 0) is 54.1 Å². The summed E-state index contributed by atoms with van der Waals surface area (Å²) in [6.45, 7) is -0.0725. The third-order valence-corrected chi connectivity index (χ3v) is 9.59. The van der Waals surface area contributed by atoms with Gasteiger partial charge in [0.05, 0.1) is 46.7 Å². The van der Waals surface area contributed by atoms with E-state index >= 15 is 8.78 Å². The second-order valence-electron chi connectivity index (χ2n) is 11.7. The molecular weight excluding hydrogens is 663 g/mol. The predicted molar refractivity (Wildman–Crippen MR) is 171 cm³/mol. The molecule has 11 nitrogen and oxygen atoms in total. The molecule has 5 aromatic rings. The van der Waals surface area contributed by atoms with Crippen LogP contribution in [-0.2, 0) is 34.3 Å². The van der Waals surface area contributed by atoms with E-state index in [1.54, 1.807) is 4.57 Å². The molecule has 49 heavy (non-hydrogen) atoms. The van der Waals surface area contributed by atoms with Crippen molar-refractivity contribution in [2.75, 3.05) is 26.5 Å². The van der Waals surface area contributed by atoms with Crippen molar-refractivity contribution >= 4 is 27.0 Å². The van der Waals surface area contributed by atoms with E-state index in [1.165, 1.54) is 59.9 Å². The zero-order chi connectivity index (χ0) is 35.1. The van der Waals surface area contributed by atoms with Crippen molar-refractivity contribution in [2.45, 2.75) is 25.2 Å². The molecule has 0 radical (unpaired) electrons. The van der Waals surface area contributed by atoms with Crippen LogP contribution in [0.15, 0.2) is 66.7 Å². The number of nitriles is 1. The number of rotatable bonds is 11. The molecular formula is C34H28F3N5O6S. The van der Waals surface area contributed by atoms with Crippen molar-refractivity contribution < 1.29 is 41.0 Å². The molecule has 0 saturated carbocycles. The quantitative estimate of drug-likeness (QED) is 0.204. The maximum Gasteiger partial charge on any atom is 0.335 e. The minimum absolute atomic E-state index is 0.0136. The number of halogens is 3. The largest absolute Gasteiger partial charge is 0.478 e. The van der Waals surface area contributed by atoms with Crippen LogP contribution in [0.2, 0.25) is 0 Å². The normalized spacial score (nSPS) is 14.4. The summed E-state index contributed by atoms with van der Waals surface area (Å²) in [5.74, 6) is -3.03. The Morgan fingerprint density at radius 2 is 1.76 bits per heavy atom. The molecule has 15 heteroatoms. The molecule has 0 amide bonds. The molecule has 1 N–H and O–H groups in total. The summed E-state index contributed by atoms with van der Waals surface area (Å²) in [5.41, 5.74) is 0.0421. The number of fused-ring (bicyclic) bond motifs is 1. The van der Waals surface area contributed by atoms with Gasteiger partial charge >= 0.3 is 5.97 Å². The van der Waals surface area contributed by atoms with Crippen LogP contribution >= 0.6 is 0 Å². The topological polar surface area (TPSA) is 148 Å². The maximum atomic E-state index is 15.7. The molecule has 1 aliphatic heterocycles. The fourth-order valence-corrected chi connectivity index (χ4v) is 6.59. The molecule has 1 saturated heterocycles. The molecule has 1 aliphatic rings. The Balaban J connectivity index is 1.29. The third kappa shape index (κ3) is 6.84. The van der Waals surface area contributed by atoms with Crippen molar-refractivity contribution in [3.8, 4) is 23.2 Å².